The maximum absolute atomic E-state index is 12.9. The van der Waals surface area contributed by atoms with Crippen LogP contribution in [0.4, 0.5) is 0 Å². The molecule has 0 fully saturated rings. The Labute approximate surface area is 156 Å². The fourth-order valence-corrected chi connectivity index (χ4v) is 2.74. The van der Waals surface area contributed by atoms with Crippen molar-refractivity contribution in [3.8, 4) is 11.5 Å². The molecule has 26 heavy (non-hydrogen) atoms. The number of halogens is 1. The summed E-state index contributed by atoms with van der Waals surface area (Å²) in [7, 11) is 1.32. The van der Waals surface area contributed by atoms with Gasteiger partial charge in [-0.1, -0.05) is 17.7 Å². The average molecular weight is 376 g/mol. The highest BCUT2D eigenvalue weighted by Gasteiger charge is 2.20. The van der Waals surface area contributed by atoms with Gasteiger partial charge >= 0.3 is 5.97 Å². The maximum Gasteiger partial charge on any atom is 0.307 e. The van der Waals surface area contributed by atoms with Crippen LogP contribution in [0.15, 0.2) is 42.5 Å². The van der Waals surface area contributed by atoms with Gasteiger partial charge in [-0.2, -0.15) is 0 Å². The molecule has 0 bridgehead atoms. The largest absolute Gasteiger partial charge is 0.469 e. The first-order chi connectivity index (χ1) is 12.6. The van der Waals surface area contributed by atoms with Crippen molar-refractivity contribution in [3.63, 3.8) is 0 Å². The quantitative estimate of drug-likeness (QED) is 0.725. The molecule has 0 radical (unpaired) electrons. The molecule has 7 heteroatoms. The summed E-state index contributed by atoms with van der Waals surface area (Å²) in [6.45, 7) is 0.756. The van der Waals surface area contributed by atoms with E-state index in [1.807, 2.05) is 18.2 Å². The predicted molar refractivity (Wildman–Crippen MR) is 95.4 cm³/mol. The Balaban J connectivity index is 1.79. The van der Waals surface area contributed by atoms with Gasteiger partial charge in [0.1, 0.15) is 0 Å². The van der Waals surface area contributed by atoms with Crippen molar-refractivity contribution in [1.29, 1.82) is 0 Å². The topological polar surface area (TPSA) is 65.1 Å². The number of rotatable bonds is 6. The fraction of sp³-hybridized carbons (Fsp3) is 0.263. The van der Waals surface area contributed by atoms with Crippen molar-refractivity contribution in [2.45, 2.75) is 13.0 Å². The monoisotopic (exact) mass is 375 g/mol. The molecule has 0 saturated heterocycles. The van der Waals surface area contributed by atoms with E-state index in [0.29, 0.717) is 28.6 Å². The molecule has 2 aromatic carbocycles. The molecule has 2 aromatic rings. The van der Waals surface area contributed by atoms with E-state index in [1.54, 1.807) is 29.2 Å². The Morgan fingerprint density at radius 2 is 1.85 bits per heavy atom. The Bertz CT molecular complexity index is 806. The normalized spacial score (nSPS) is 11.9. The van der Waals surface area contributed by atoms with Crippen LogP contribution in [0.3, 0.4) is 0 Å². The molecule has 1 aliphatic heterocycles. The first-order valence-electron chi connectivity index (χ1n) is 8.07. The molecule has 136 valence electrons. The third-order valence-corrected chi connectivity index (χ3v) is 4.25. The molecule has 0 saturated carbocycles. The Morgan fingerprint density at radius 3 is 2.58 bits per heavy atom. The van der Waals surface area contributed by atoms with Crippen molar-refractivity contribution < 1.29 is 23.8 Å². The predicted octanol–water partition coefficient (Wildman–Crippen LogP) is 3.27. The second kappa shape index (κ2) is 8.10. The Hall–Kier alpha value is -2.73. The number of ether oxygens (including phenoxy) is 3. The van der Waals surface area contributed by atoms with Crippen LogP contribution < -0.4 is 9.47 Å². The number of fused-ring (bicyclic) bond motifs is 1. The van der Waals surface area contributed by atoms with Crippen LogP contribution >= 0.6 is 11.6 Å². The number of hydrogen-bond donors (Lipinski definition) is 0. The van der Waals surface area contributed by atoms with Crippen LogP contribution in [0.5, 0.6) is 11.5 Å². The molecule has 1 aliphatic rings. The molecule has 3 rings (SSSR count). The third kappa shape index (κ3) is 4.26. The zero-order valence-corrected chi connectivity index (χ0v) is 15.0. The number of carbonyl (C=O) groups excluding carboxylic acids is 2. The average Bonchev–Trinajstić information content (AvgIpc) is 3.12. The highest BCUT2D eigenvalue weighted by Crippen LogP contribution is 2.33. The molecule has 1 heterocycles. The van der Waals surface area contributed by atoms with E-state index in [4.69, 9.17) is 21.1 Å². The standard InChI is InChI=1S/C19H18ClNO5/c1-24-18(22)8-9-21(19(23)14-3-5-15(20)6-4-14)11-13-2-7-16-17(10-13)26-12-25-16/h2-7,10H,8-9,11-12H2,1H3. The summed E-state index contributed by atoms with van der Waals surface area (Å²) in [4.78, 5) is 26.0. The summed E-state index contributed by atoms with van der Waals surface area (Å²) in [5.74, 6) is 0.765. The summed E-state index contributed by atoms with van der Waals surface area (Å²) in [6.07, 6.45) is 0.111. The first-order valence-corrected chi connectivity index (χ1v) is 8.45. The van der Waals surface area contributed by atoms with Gasteiger partial charge in [0, 0.05) is 23.7 Å². The summed E-state index contributed by atoms with van der Waals surface area (Å²) in [5.41, 5.74) is 1.38. The number of benzene rings is 2. The van der Waals surface area contributed by atoms with Gasteiger partial charge in [-0.25, -0.2) is 0 Å². The second-order valence-corrected chi connectivity index (χ2v) is 6.18. The lowest BCUT2D eigenvalue weighted by atomic mass is 10.1. The van der Waals surface area contributed by atoms with Crippen LogP contribution in [0.25, 0.3) is 0 Å². The number of amides is 1. The zero-order chi connectivity index (χ0) is 18.5. The number of hydrogen-bond acceptors (Lipinski definition) is 5. The molecule has 0 N–H and O–H groups in total. The number of carbonyl (C=O) groups is 2. The maximum atomic E-state index is 12.9. The van der Waals surface area contributed by atoms with Gasteiger partial charge < -0.3 is 19.1 Å². The summed E-state index contributed by atoms with van der Waals surface area (Å²) in [5, 5.41) is 0.554. The van der Waals surface area contributed by atoms with Crippen molar-refractivity contribution in [1.82, 2.24) is 4.90 Å². The molecule has 0 atom stereocenters. The SMILES string of the molecule is COC(=O)CCN(Cc1ccc2c(c1)OCO2)C(=O)c1ccc(Cl)cc1. The minimum absolute atomic E-state index is 0.111. The highest BCUT2D eigenvalue weighted by atomic mass is 35.5. The lowest BCUT2D eigenvalue weighted by Gasteiger charge is -2.23. The molecule has 0 unspecified atom stereocenters. The van der Waals surface area contributed by atoms with Crippen LogP contribution in [0, 0.1) is 0 Å². The summed E-state index contributed by atoms with van der Waals surface area (Å²) >= 11 is 5.89. The lowest BCUT2D eigenvalue weighted by Crippen LogP contribution is -2.32. The smallest absolute Gasteiger partial charge is 0.307 e. The van der Waals surface area contributed by atoms with Crippen molar-refractivity contribution in [2.24, 2.45) is 0 Å². The molecular formula is C19H18ClNO5. The van der Waals surface area contributed by atoms with Gasteiger partial charge in [0.15, 0.2) is 11.5 Å². The van der Waals surface area contributed by atoms with Gasteiger partial charge in [-0.3, -0.25) is 9.59 Å². The minimum atomic E-state index is -0.371. The van der Waals surface area contributed by atoms with Gasteiger partial charge in [-0.15, -0.1) is 0 Å². The van der Waals surface area contributed by atoms with Gasteiger partial charge in [0.2, 0.25) is 6.79 Å². The van der Waals surface area contributed by atoms with Gasteiger partial charge in [-0.05, 0) is 42.0 Å². The summed E-state index contributed by atoms with van der Waals surface area (Å²) in [6, 6.07) is 12.2. The minimum Gasteiger partial charge on any atom is -0.469 e. The van der Waals surface area contributed by atoms with Crippen LogP contribution in [0.1, 0.15) is 22.3 Å². The zero-order valence-electron chi connectivity index (χ0n) is 14.2. The third-order valence-electron chi connectivity index (χ3n) is 4.00. The van der Waals surface area contributed by atoms with Gasteiger partial charge in [0.05, 0.1) is 13.5 Å². The molecule has 6 nitrogen and oxygen atoms in total. The lowest BCUT2D eigenvalue weighted by molar-refractivity contribution is -0.140. The number of methoxy groups -OCH3 is 1. The van der Waals surface area contributed by atoms with Crippen LogP contribution in [0.2, 0.25) is 5.02 Å². The van der Waals surface area contributed by atoms with Crippen molar-refractivity contribution in [2.75, 3.05) is 20.4 Å². The van der Waals surface area contributed by atoms with E-state index >= 15 is 0 Å². The molecule has 1 amide bonds. The Kier molecular flexibility index (Phi) is 5.63. The molecule has 0 aliphatic carbocycles. The molecular weight excluding hydrogens is 358 g/mol. The van der Waals surface area contributed by atoms with Crippen molar-refractivity contribution in [3.05, 3.63) is 58.6 Å². The van der Waals surface area contributed by atoms with E-state index < -0.39 is 0 Å². The van der Waals surface area contributed by atoms with E-state index in [9.17, 15) is 9.59 Å². The van der Waals surface area contributed by atoms with E-state index in [2.05, 4.69) is 4.74 Å². The molecule has 0 aromatic heterocycles. The molecule has 0 spiro atoms. The fourth-order valence-electron chi connectivity index (χ4n) is 2.62. The van der Waals surface area contributed by atoms with Crippen LogP contribution in [-0.4, -0.2) is 37.2 Å². The number of nitrogens with zero attached hydrogens (tertiary/aromatic N) is 1. The van der Waals surface area contributed by atoms with E-state index in [0.717, 1.165) is 5.56 Å². The van der Waals surface area contributed by atoms with E-state index in [1.165, 1.54) is 7.11 Å². The van der Waals surface area contributed by atoms with Crippen LogP contribution in [-0.2, 0) is 16.1 Å². The van der Waals surface area contributed by atoms with E-state index in [-0.39, 0.29) is 31.6 Å². The summed E-state index contributed by atoms with van der Waals surface area (Å²) < 4.78 is 15.4. The second-order valence-electron chi connectivity index (χ2n) is 5.75. The first kappa shape index (κ1) is 18.1. The van der Waals surface area contributed by atoms with Crippen molar-refractivity contribution >= 4 is 23.5 Å². The number of esters is 1. The van der Waals surface area contributed by atoms with Gasteiger partial charge in [0.25, 0.3) is 5.91 Å². The Morgan fingerprint density at radius 1 is 1.12 bits per heavy atom. The highest BCUT2D eigenvalue weighted by molar-refractivity contribution is 6.30.